The molecule has 0 radical (unpaired) electrons. The number of amides is 1. The summed E-state index contributed by atoms with van der Waals surface area (Å²) in [6, 6.07) is 8.01. The molecule has 0 unspecified atom stereocenters. The average molecular weight is 399 g/mol. The van der Waals surface area contributed by atoms with Crippen LogP contribution in [0.5, 0.6) is 17.2 Å². The van der Waals surface area contributed by atoms with Crippen molar-refractivity contribution in [3.63, 3.8) is 0 Å². The van der Waals surface area contributed by atoms with Crippen molar-refractivity contribution in [1.82, 2.24) is 14.9 Å². The van der Waals surface area contributed by atoms with E-state index in [1.807, 2.05) is 0 Å². The second-order valence-corrected chi connectivity index (χ2v) is 6.19. The van der Waals surface area contributed by atoms with Gasteiger partial charge in [-0.3, -0.25) is 4.79 Å². The molecule has 0 atom stereocenters. The first-order chi connectivity index (χ1) is 14.0. The van der Waals surface area contributed by atoms with Crippen LogP contribution in [0.25, 0.3) is 5.69 Å². The fourth-order valence-corrected chi connectivity index (χ4v) is 3.05. The Balaban J connectivity index is 1.78. The van der Waals surface area contributed by atoms with Crippen LogP contribution in [0, 0.1) is 12.7 Å². The van der Waals surface area contributed by atoms with Gasteiger partial charge in [0.1, 0.15) is 11.6 Å². The van der Waals surface area contributed by atoms with E-state index >= 15 is 0 Å². The Morgan fingerprint density at radius 1 is 1.10 bits per heavy atom. The molecule has 2 aromatic carbocycles. The molecule has 1 N–H and O–H groups in total. The number of aromatic nitrogens is 2. The van der Waals surface area contributed by atoms with E-state index in [0.717, 1.165) is 0 Å². The van der Waals surface area contributed by atoms with E-state index in [0.29, 0.717) is 28.6 Å². The molecule has 0 aliphatic rings. The Labute approximate surface area is 168 Å². The maximum Gasteiger partial charge on any atom is 0.255 e. The smallest absolute Gasteiger partial charge is 0.255 e. The van der Waals surface area contributed by atoms with Crippen LogP contribution in [0.15, 0.2) is 42.7 Å². The van der Waals surface area contributed by atoms with Crippen LogP contribution < -0.4 is 19.5 Å². The number of nitrogens with one attached hydrogen (secondary N) is 1. The first kappa shape index (κ1) is 20.2. The first-order valence-corrected chi connectivity index (χ1v) is 8.86. The standard InChI is InChI=1S/C21H22FN3O4/c1-13-23-9-10-25(13)17-7-5-14(11-16(17)22)12-24-21(26)15-6-8-18(27-2)20(29-4)19(15)28-3/h5-11H,12H2,1-4H3,(H,24,26). The lowest BCUT2D eigenvalue weighted by Crippen LogP contribution is -2.23. The van der Waals surface area contributed by atoms with Crippen molar-refractivity contribution in [2.75, 3.05) is 21.3 Å². The van der Waals surface area contributed by atoms with Gasteiger partial charge in [0.2, 0.25) is 5.75 Å². The third-order valence-electron chi connectivity index (χ3n) is 4.50. The molecule has 1 aromatic heterocycles. The molecular weight excluding hydrogens is 377 g/mol. The van der Waals surface area contributed by atoms with Gasteiger partial charge in [0.25, 0.3) is 5.91 Å². The molecule has 0 bridgehead atoms. The highest BCUT2D eigenvalue weighted by Gasteiger charge is 2.20. The van der Waals surface area contributed by atoms with E-state index in [2.05, 4.69) is 10.3 Å². The number of hydrogen-bond donors (Lipinski definition) is 1. The van der Waals surface area contributed by atoms with E-state index in [-0.39, 0.29) is 23.8 Å². The lowest BCUT2D eigenvalue weighted by molar-refractivity contribution is 0.0947. The summed E-state index contributed by atoms with van der Waals surface area (Å²) in [6.07, 6.45) is 3.30. The van der Waals surface area contributed by atoms with Crippen molar-refractivity contribution < 1.29 is 23.4 Å². The zero-order valence-corrected chi connectivity index (χ0v) is 16.7. The molecule has 29 heavy (non-hydrogen) atoms. The summed E-state index contributed by atoms with van der Waals surface area (Å²) in [7, 11) is 4.41. The van der Waals surface area contributed by atoms with E-state index in [9.17, 15) is 9.18 Å². The third kappa shape index (κ3) is 4.01. The van der Waals surface area contributed by atoms with Gasteiger partial charge in [-0.05, 0) is 36.8 Å². The number of carbonyl (C=O) groups excluding carboxylic acids is 1. The fraction of sp³-hybridized carbons (Fsp3) is 0.238. The number of carbonyl (C=O) groups is 1. The van der Waals surface area contributed by atoms with E-state index in [1.54, 1.807) is 48.1 Å². The second kappa shape index (κ2) is 8.64. The van der Waals surface area contributed by atoms with Crippen LogP contribution in [0.3, 0.4) is 0 Å². The zero-order chi connectivity index (χ0) is 21.0. The Bertz CT molecular complexity index is 1030. The van der Waals surface area contributed by atoms with Gasteiger partial charge >= 0.3 is 0 Å². The number of rotatable bonds is 7. The fourth-order valence-electron chi connectivity index (χ4n) is 3.05. The lowest BCUT2D eigenvalue weighted by atomic mass is 10.1. The summed E-state index contributed by atoms with van der Waals surface area (Å²) in [5.41, 5.74) is 1.31. The number of methoxy groups -OCH3 is 3. The molecule has 152 valence electrons. The van der Waals surface area contributed by atoms with Gasteiger partial charge in [-0.1, -0.05) is 6.07 Å². The predicted molar refractivity (Wildman–Crippen MR) is 106 cm³/mol. The number of halogens is 1. The van der Waals surface area contributed by atoms with Gasteiger partial charge in [0.05, 0.1) is 32.6 Å². The van der Waals surface area contributed by atoms with Gasteiger partial charge in [0.15, 0.2) is 11.5 Å². The predicted octanol–water partition coefficient (Wildman–Crippen LogP) is 3.28. The van der Waals surface area contributed by atoms with E-state index in [1.165, 1.54) is 27.4 Å². The third-order valence-corrected chi connectivity index (χ3v) is 4.50. The van der Waals surface area contributed by atoms with Crippen molar-refractivity contribution in [3.8, 4) is 22.9 Å². The molecule has 0 saturated heterocycles. The maximum absolute atomic E-state index is 14.5. The Morgan fingerprint density at radius 3 is 2.45 bits per heavy atom. The SMILES string of the molecule is COc1ccc(C(=O)NCc2ccc(-n3ccnc3C)c(F)c2)c(OC)c1OC. The highest BCUT2D eigenvalue weighted by molar-refractivity contribution is 5.98. The number of hydrogen-bond acceptors (Lipinski definition) is 5. The molecule has 3 aromatic rings. The molecule has 1 heterocycles. The quantitative estimate of drug-likeness (QED) is 0.660. The van der Waals surface area contributed by atoms with Crippen molar-refractivity contribution in [2.24, 2.45) is 0 Å². The highest BCUT2D eigenvalue weighted by atomic mass is 19.1. The van der Waals surface area contributed by atoms with E-state index < -0.39 is 5.82 Å². The van der Waals surface area contributed by atoms with Gasteiger partial charge in [0, 0.05) is 18.9 Å². The molecule has 8 heteroatoms. The molecule has 0 spiro atoms. The molecule has 0 aliphatic heterocycles. The molecular formula is C21H22FN3O4. The number of ether oxygens (including phenoxy) is 3. The van der Waals surface area contributed by atoms with Gasteiger partial charge < -0.3 is 24.1 Å². The second-order valence-electron chi connectivity index (χ2n) is 6.19. The summed E-state index contributed by atoms with van der Waals surface area (Å²) < 4.78 is 32.0. The minimum atomic E-state index is -0.401. The van der Waals surface area contributed by atoms with Crippen LogP contribution in [-0.2, 0) is 6.54 Å². The van der Waals surface area contributed by atoms with Gasteiger partial charge in [-0.25, -0.2) is 9.37 Å². The Kier molecular flexibility index (Phi) is 6.01. The van der Waals surface area contributed by atoms with Crippen molar-refractivity contribution in [3.05, 3.63) is 65.5 Å². The van der Waals surface area contributed by atoms with Gasteiger partial charge in [-0.2, -0.15) is 0 Å². The molecule has 1 amide bonds. The molecule has 7 nitrogen and oxygen atoms in total. The van der Waals surface area contributed by atoms with Crippen LogP contribution in [-0.4, -0.2) is 36.8 Å². The Hall–Kier alpha value is -3.55. The molecule has 0 aliphatic carbocycles. The van der Waals surface area contributed by atoms with Gasteiger partial charge in [-0.15, -0.1) is 0 Å². The summed E-state index contributed by atoms with van der Waals surface area (Å²) in [6.45, 7) is 1.94. The zero-order valence-electron chi connectivity index (χ0n) is 16.7. The van der Waals surface area contributed by atoms with Crippen LogP contribution in [0.1, 0.15) is 21.7 Å². The lowest BCUT2D eigenvalue weighted by Gasteiger charge is -2.15. The van der Waals surface area contributed by atoms with Crippen molar-refractivity contribution >= 4 is 5.91 Å². The highest BCUT2D eigenvalue weighted by Crippen LogP contribution is 2.39. The number of aryl methyl sites for hydroxylation is 1. The monoisotopic (exact) mass is 399 g/mol. The average Bonchev–Trinajstić information content (AvgIpc) is 3.16. The molecule has 0 saturated carbocycles. The topological polar surface area (TPSA) is 74.6 Å². The number of benzene rings is 2. The minimum Gasteiger partial charge on any atom is -0.493 e. The number of nitrogens with zero attached hydrogens (tertiary/aromatic N) is 2. The van der Waals surface area contributed by atoms with Crippen LogP contribution in [0.2, 0.25) is 0 Å². The molecule has 3 rings (SSSR count). The summed E-state index contributed by atoms with van der Waals surface area (Å²) in [4.78, 5) is 16.8. The Morgan fingerprint density at radius 2 is 1.86 bits per heavy atom. The summed E-state index contributed by atoms with van der Waals surface area (Å²) in [5.74, 6) is 0.952. The minimum absolute atomic E-state index is 0.149. The van der Waals surface area contributed by atoms with Crippen LogP contribution in [0.4, 0.5) is 4.39 Å². The number of imidazole rings is 1. The maximum atomic E-state index is 14.5. The summed E-state index contributed by atoms with van der Waals surface area (Å²) in [5, 5.41) is 2.77. The largest absolute Gasteiger partial charge is 0.493 e. The normalized spacial score (nSPS) is 10.5. The molecule has 0 fully saturated rings. The van der Waals surface area contributed by atoms with E-state index in [4.69, 9.17) is 14.2 Å². The first-order valence-electron chi connectivity index (χ1n) is 8.86. The summed E-state index contributed by atoms with van der Waals surface area (Å²) >= 11 is 0. The van der Waals surface area contributed by atoms with Crippen molar-refractivity contribution in [2.45, 2.75) is 13.5 Å². The van der Waals surface area contributed by atoms with Crippen LogP contribution >= 0.6 is 0 Å². The van der Waals surface area contributed by atoms with Crippen molar-refractivity contribution in [1.29, 1.82) is 0 Å².